The first-order chi connectivity index (χ1) is 12.8. The van der Waals surface area contributed by atoms with Crippen LogP contribution in [0.4, 0.5) is 15.8 Å². The van der Waals surface area contributed by atoms with Gasteiger partial charge >= 0.3 is 11.8 Å². The van der Waals surface area contributed by atoms with Crippen molar-refractivity contribution < 1.29 is 23.6 Å². The second kappa shape index (κ2) is 7.73. The number of likely N-dealkylation sites (tertiary alicyclic amines) is 1. The van der Waals surface area contributed by atoms with Crippen LogP contribution in [0.1, 0.15) is 31.7 Å². The number of nitrogens with one attached hydrogen (secondary N) is 3. The molecule has 2 aliphatic rings. The number of carbonyl (C=O) groups excluding carboxylic acids is 4. The van der Waals surface area contributed by atoms with Gasteiger partial charge in [0, 0.05) is 25.2 Å². The van der Waals surface area contributed by atoms with Crippen molar-refractivity contribution >= 4 is 35.0 Å². The molecule has 0 radical (unpaired) electrons. The number of amides is 4. The van der Waals surface area contributed by atoms with Crippen LogP contribution in [0.5, 0.6) is 0 Å². The summed E-state index contributed by atoms with van der Waals surface area (Å²) in [5.41, 5.74) is 0.815. The zero-order valence-electron chi connectivity index (χ0n) is 14.9. The molecule has 9 heteroatoms. The summed E-state index contributed by atoms with van der Waals surface area (Å²) in [6.07, 6.45) is 2.51. The van der Waals surface area contributed by atoms with Crippen LogP contribution in [0, 0.1) is 5.82 Å². The van der Waals surface area contributed by atoms with Gasteiger partial charge in [0.1, 0.15) is 11.9 Å². The molecule has 3 N–H and O–H groups in total. The van der Waals surface area contributed by atoms with E-state index in [1.807, 2.05) is 0 Å². The molecule has 0 aliphatic carbocycles. The van der Waals surface area contributed by atoms with Crippen LogP contribution in [0.25, 0.3) is 0 Å². The first-order valence-electron chi connectivity index (χ1n) is 8.88. The number of anilines is 2. The number of rotatable bonds is 3. The molecule has 3 rings (SSSR count). The molecular weight excluding hydrogens is 355 g/mol. The highest BCUT2D eigenvalue weighted by atomic mass is 19.1. The molecule has 2 heterocycles. The Kier molecular flexibility index (Phi) is 5.38. The van der Waals surface area contributed by atoms with Crippen molar-refractivity contribution in [3.05, 3.63) is 23.5 Å². The van der Waals surface area contributed by atoms with Crippen molar-refractivity contribution in [2.24, 2.45) is 0 Å². The second-order valence-corrected chi connectivity index (χ2v) is 6.72. The molecule has 1 saturated heterocycles. The summed E-state index contributed by atoms with van der Waals surface area (Å²) >= 11 is 0. The highest BCUT2D eigenvalue weighted by molar-refractivity contribution is 6.40. The van der Waals surface area contributed by atoms with Gasteiger partial charge in [0.25, 0.3) is 0 Å². The van der Waals surface area contributed by atoms with E-state index in [9.17, 15) is 23.6 Å². The van der Waals surface area contributed by atoms with E-state index in [0.717, 1.165) is 12.8 Å². The number of hydrogen-bond donors (Lipinski definition) is 3. The number of fused-ring (bicyclic) bond motifs is 1. The Morgan fingerprint density at radius 1 is 1.15 bits per heavy atom. The molecule has 0 saturated carbocycles. The lowest BCUT2D eigenvalue weighted by atomic mass is 10.0. The fraction of sp³-hybridized carbons (Fsp3) is 0.444. The second-order valence-electron chi connectivity index (χ2n) is 6.72. The smallest absolute Gasteiger partial charge is 0.313 e. The molecule has 1 atom stereocenters. The molecule has 1 aromatic carbocycles. The van der Waals surface area contributed by atoms with E-state index in [2.05, 4.69) is 16.0 Å². The first kappa shape index (κ1) is 18.8. The van der Waals surface area contributed by atoms with Gasteiger partial charge in [0.05, 0.1) is 5.69 Å². The lowest BCUT2D eigenvalue weighted by Gasteiger charge is -2.21. The fourth-order valence-corrected chi connectivity index (χ4v) is 3.21. The Hall–Kier alpha value is -2.97. The van der Waals surface area contributed by atoms with Crippen molar-refractivity contribution in [1.82, 2.24) is 10.2 Å². The minimum Gasteiger partial charge on any atom is -0.341 e. The predicted octanol–water partition coefficient (Wildman–Crippen LogP) is 0.776. The third-order valence-corrected chi connectivity index (χ3v) is 4.68. The summed E-state index contributed by atoms with van der Waals surface area (Å²) in [7, 11) is 0. The normalized spacial score (nSPS) is 17.0. The molecule has 1 fully saturated rings. The summed E-state index contributed by atoms with van der Waals surface area (Å²) < 4.78 is 14.2. The molecule has 27 heavy (non-hydrogen) atoms. The predicted molar refractivity (Wildman–Crippen MR) is 95.4 cm³/mol. The molecule has 0 bridgehead atoms. The average molecular weight is 376 g/mol. The van der Waals surface area contributed by atoms with Gasteiger partial charge in [-0.25, -0.2) is 4.39 Å². The Labute approximate surface area is 155 Å². The maximum Gasteiger partial charge on any atom is 0.313 e. The molecule has 0 aromatic heterocycles. The highest BCUT2D eigenvalue weighted by Gasteiger charge is 2.27. The summed E-state index contributed by atoms with van der Waals surface area (Å²) in [6, 6.07) is 1.65. The highest BCUT2D eigenvalue weighted by Crippen LogP contribution is 2.28. The van der Waals surface area contributed by atoms with Gasteiger partial charge in [0.2, 0.25) is 11.8 Å². The summed E-state index contributed by atoms with van der Waals surface area (Å²) in [5, 5.41) is 7.12. The van der Waals surface area contributed by atoms with Gasteiger partial charge in [-0.05, 0) is 43.9 Å². The van der Waals surface area contributed by atoms with E-state index < -0.39 is 23.7 Å². The van der Waals surface area contributed by atoms with E-state index in [-0.39, 0.29) is 23.9 Å². The van der Waals surface area contributed by atoms with Gasteiger partial charge in [-0.2, -0.15) is 0 Å². The van der Waals surface area contributed by atoms with Crippen LogP contribution >= 0.6 is 0 Å². The third kappa shape index (κ3) is 4.24. The standard InChI is InChI=1S/C18H21FN4O4/c1-10(18(27)23-6-2-3-7-23)20-16(25)17(26)22-14-9-13-11(8-12(14)19)4-5-15(24)21-13/h8-10H,2-7H2,1H3,(H,20,25)(H,21,24)(H,22,26)/t10-/m0/s1. The molecule has 4 amide bonds. The zero-order valence-corrected chi connectivity index (χ0v) is 14.9. The third-order valence-electron chi connectivity index (χ3n) is 4.68. The summed E-state index contributed by atoms with van der Waals surface area (Å²) in [6.45, 7) is 2.77. The molecule has 1 aromatic rings. The maximum atomic E-state index is 14.2. The number of nitrogens with zero attached hydrogens (tertiary/aromatic N) is 1. The lowest BCUT2D eigenvalue weighted by Crippen LogP contribution is -2.49. The van der Waals surface area contributed by atoms with E-state index in [1.165, 1.54) is 19.1 Å². The summed E-state index contributed by atoms with van der Waals surface area (Å²) in [4.78, 5) is 49.4. The van der Waals surface area contributed by atoms with E-state index in [0.29, 0.717) is 30.8 Å². The van der Waals surface area contributed by atoms with Crippen molar-refractivity contribution in [3.63, 3.8) is 0 Å². The number of benzene rings is 1. The topological polar surface area (TPSA) is 108 Å². The van der Waals surface area contributed by atoms with Gasteiger partial charge in [0.15, 0.2) is 0 Å². The zero-order chi connectivity index (χ0) is 19.6. The Balaban J connectivity index is 1.62. The van der Waals surface area contributed by atoms with Gasteiger partial charge in [-0.1, -0.05) is 0 Å². The monoisotopic (exact) mass is 376 g/mol. The average Bonchev–Trinajstić information content (AvgIpc) is 3.16. The van der Waals surface area contributed by atoms with Gasteiger partial charge in [-0.15, -0.1) is 0 Å². The lowest BCUT2D eigenvalue weighted by molar-refractivity contribution is -0.139. The molecular formula is C18H21FN4O4. The van der Waals surface area contributed by atoms with Crippen molar-refractivity contribution in [1.29, 1.82) is 0 Å². The van der Waals surface area contributed by atoms with Crippen molar-refractivity contribution in [2.75, 3.05) is 23.7 Å². The van der Waals surface area contributed by atoms with Crippen LogP contribution in [-0.2, 0) is 25.6 Å². The van der Waals surface area contributed by atoms with Crippen LogP contribution in [0.15, 0.2) is 12.1 Å². The molecule has 2 aliphatic heterocycles. The van der Waals surface area contributed by atoms with Gasteiger partial charge in [-0.3, -0.25) is 19.2 Å². The van der Waals surface area contributed by atoms with Crippen LogP contribution in [0.2, 0.25) is 0 Å². The Morgan fingerprint density at radius 2 is 1.85 bits per heavy atom. The Morgan fingerprint density at radius 3 is 2.56 bits per heavy atom. The largest absolute Gasteiger partial charge is 0.341 e. The minimum atomic E-state index is -1.09. The SMILES string of the molecule is C[C@H](NC(=O)C(=O)Nc1cc2c(cc1F)CCC(=O)N2)C(=O)N1CCCC1. The van der Waals surface area contributed by atoms with E-state index in [4.69, 9.17) is 0 Å². The number of halogens is 1. The van der Waals surface area contributed by atoms with Crippen LogP contribution in [-0.4, -0.2) is 47.7 Å². The Bertz CT molecular complexity index is 805. The quantitative estimate of drug-likeness (QED) is 0.678. The molecule has 0 spiro atoms. The van der Waals surface area contributed by atoms with Crippen LogP contribution < -0.4 is 16.0 Å². The van der Waals surface area contributed by atoms with E-state index >= 15 is 0 Å². The fourth-order valence-electron chi connectivity index (χ4n) is 3.21. The number of hydrogen-bond acceptors (Lipinski definition) is 4. The first-order valence-corrected chi connectivity index (χ1v) is 8.88. The van der Waals surface area contributed by atoms with Gasteiger partial charge < -0.3 is 20.9 Å². The minimum absolute atomic E-state index is 0.196. The van der Waals surface area contributed by atoms with Crippen molar-refractivity contribution in [3.8, 4) is 0 Å². The molecule has 144 valence electrons. The maximum absolute atomic E-state index is 14.2. The van der Waals surface area contributed by atoms with E-state index in [1.54, 1.807) is 4.90 Å². The number of carbonyl (C=O) groups is 4. The number of aryl methyl sites for hydroxylation is 1. The molecule has 8 nitrogen and oxygen atoms in total. The summed E-state index contributed by atoms with van der Waals surface area (Å²) in [5.74, 6) is -3.27. The van der Waals surface area contributed by atoms with Crippen molar-refractivity contribution in [2.45, 2.75) is 38.6 Å². The van der Waals surface area contributed by atoms with Crippen LogP contribution in [0.3, 0.4) is 0 Å². The molecule has 0 unspecified atom stereocenters.